The van der Waals surface area contributed by atoms with Gasteiger partial charge in [-0.3, -0.25) is 4.79 Å². The van der Waals surface area contributed by atoms with Gasteiger partial charge in [0.05, 0.1) is 11.0 Å². The Hall–Kier alpha value is -1.56. The topological polar surface area (TPSA) is 57.7 Å². The molecule has 21 heavy (non-hydrogen) atoms. The summed E-state index contributed by atoms with van der Waals surface area (Å²) in [5, 5.41) is -0.349. The van der Waals surface area contributed by atoms with E-state index in [-0.39, 0.29) is 22.8 Å². The van der Waals surface area contributed by atoms with E-state index < -0.39 is 9.84 Å². The maximum Gasteiger partial charge on any atom is 0.253 e. The molecular weight excluding hydrogens is 288 g/mol. The summed E-state index contributed by atoms with van der Waals surface area (Å²) in [6.07, 6.45) is 0.689. The van der Waals surface area contributed by atoms with Gasteiger partial charge in [0.25, 0.3) is 5.91 Å². The number of sulfone groups is 1. The highest BCUT2D eigenvalue weighted by Crippen LogP contribution is 2.34. The van der Waals surface area contributed by atoms with E-state index in [0.29, 0.717) is 25.1 Å². The van der Waals surface area contributed by atoms with Gasteiger partial charge in [-0.1, -0.05) is 6.07 Å². The smallest absolute Gasteiger partial charge is 0.253 e. The molecule has 0 aliphatic carbocycles. The van der Waals surface area contributed by atoms with Gasteiger partial charge in [-0.25, -0.2) is 8.42 Å². The van der Waals surface area contributed by atoms with Crippen molar-refractivity contribution in [3.63, 3.8) is 0 Å². The molecule has 3 rings (SSSR count). The number of likely N-dealkylation sites (tertiary alicyclic amines) is 1. The molecule has 0 unspecified atom stereocenters. The summed E-state index contributed by atoms with van der Waals surface area (Å²) in [4.78, 5) is 16.2. The van der Waals surface area contributed by atoms with E-state index in [1.54, 1.807) is 11.0 Å². The molecule has 0 aromatic heterocycles. The molecule has 0 N–H and O–H groups in total. The fourth-order valence-corrected chi connectivity index (χ4v) is 5.41. The summed E-state index contributed by atoms with van der Waals surface area (Å²) in [5.74, 6) is 0.333. The van der Waals surface area contributed by atoms with Crippen LogP contribution in [0.15, 0.2) is 24.3 Å². The lowest BCUT2D eigenvalue weighted by Gasteiger charge is -2.19. The van der Waals surface area contributed by atoms with Crippen LogP contribution in [0.1, 0.15) is 16.8 Å². The molecule has 2 aliphatic heterocycles. The van der Waals surface area contributed by atoms with Crippen LogP contribution < -0.4 is 4.90 Å². The number of carbonyl (C=O) groups is 1. The number of hydrogen-bond acceptors (Lipinski definition) is 4. The fraction of sp³-hybridized carbons (Fsp3) is 0.533. The van der Waals surface area contributed by atoms with E-state index in [1.807, 2.05) is 37.2 Å². The quantitative estimate of drug-likeness (QED) is 0.818. The first-order valence-corrected chi connectivity index (χ1v) is 8.88. The maximum absolute atomic E-state index is 12.6. The van der Waals surface area contributed by atoms with Gasteiger partial charge in [-0.2, -0.15) is 0 Å². The third-order valence-corrected chi connectivity index (χ3v) is 6.77. The number of benzene rings is 1. The molecule has 2 aliphatic rings. The van der Waals surface area contributed by atoms with Gasteiger partial charge in [0.2, 0.25) is 0 Å². The van der Waals surface area contributed by atoms with Crippen molar-refractivity contribution in [1.82, 2.24) is 4.90 Å². The van der Waals surface area contributed by atoms with Gasteiger partial charge in [0, 0.05) is 38.4 Å². The lowest BCUT2D eigenvalue weighted by Crippen LogP contribution is -2.32. The summed E-state index contributed by atoms with van der Waals surface area (Å²) in [7, 11) is 0.858. The van der Waals surface area contributed by atoms with Crippen molar-refractivity contribution in [2.75, 3.05) is 37.8 Å². The Labute approximate surface area is 125 Å². The average Bonchev–Trinajstić information content (AvgIpc) is 2.99. The third-order valence-electron chi connectivity index (χ3n) is 4.51. The summed E-state index contributed by atoms with van der Waals surface area (Å²) in [6, 6.07) is 7.44. The van der Waals surface area contributed by atoms with Crippen LogP contribution in [0.3, 0.4) is 0 Å². The molecule has 2 atom stereocenters. The Balaban J connectivity index is 1.80. The van der Waals surface area contributed by atoms with Crippen molar-refractivity contribution in [2.24, 2.45) is 5.92 Å². The molecule has 0 bridgehead atoms. The number of nitrogens with zero attached hydrogens (tertiary/aromatic N) is 2. The predicted molar refractivity (Wildman–Crippen MR) is 82.4 cm³/mol. The summed E-state index contributed by atoms with van der Waals surface area (Å²) < 4.78 is 23.9. The monoisotopic (exact) mass is 308 g/mol. The highest BCUT2D eigenvalue weighted by atomic mass is 32.2. The molecule has 1 aromatic rings. The molecule has 114 valence electrons. The van der Waals surface area contributed by atoms with Gasteiger partial charge in [0.1, 0.15) is 0 Å². The number of amides is 1. The van der Waals surface area contributed by atoms with Crippen LogP contribution in [-0.4, -0.2) is 57.4 Å². The van der Waals surface area contributed by atoms with Crippen molar-refractivity contribution in [3.8, 4) is 0 Å². The van der Waals surface area contributed by atoms with Gasteiger partial charge in [-0.15, -0.1) is 0 Å². The minimum Gasteiger partial charge on any atom is -0.378 e. The van der Waals surface area contributed by atoms with Gasteiger partial charge >= 0.3 is 0 Å². The van der Waals surface area contributed by atoms with Gasteiger partial charge in [-0.05, 0) is 30.5 Å². The largest absolute Gasteiger partial charge is 0.378 e. The highest BCUT2D eigenvalue weighted by molar-refractivity contribution is 7.92. The Bertz CT molecular complexity index is 669. The highest BCUT2D eigenvalue weighted by Gasteiger charge is 2.47. The van der Waals surface area contributed by atoms with Crippen LogP contribution in [-0.2, 0) is 9.84 Å². The Morgan fingerprint density at radius 3 is 2.71 bits per heavy atom. The van der Waals surface area contributed by atoms with Crippen LogP contribution in [0.5, 0.6) is 0 Å². The van der Waals surface area contributed by atoms with Crippen LogP contribution in [0.2, 0.25) is 0 Å². The zero-order valence-corrected chi connectivity index (χ0v) is 13.1. The Kier molecular flexibility index (Phi) is 3.43. The molecule has 1 aromatic carbocycles. The first-order chi connectivity index (χ1) is 9.88. The lowest BCUT2D eigenvalue weighted by atomic mass is 10.1. The van der Waals surface area contributed by atoms with Crippen molar-refractivity contribution in [3.05, 3.63) is 29.8 Å². The second-order valence-corrected chi connectivity index (χ2v) is 8.45. The van der Waals surface area contributed by atoms with Crippen molar-refractivity contribution >= 4 is 21.4 Å². The molecule has 2 saturated heterocycles. The Morgan fingerprint density at radius 2 is 2.05 bits per heavy atom. The fourth-order valence-electron chi connectivity index (χ4n) is 3.26. The molecule has 2 heterocycles. The second-order valence-electron chi connectivity index (χ2n) is 6.11. The number of carbonyl (C=O) groups excluding carboxylic acids is 1. The second kappa shape index (κ2) is 5.02. The SMILES string of the molecule is CN(C)c1cccc(C(=O)N2C[C@@H]3CCS(=O)(=O)[C@@H]3C2)c1. The molecule has 0 saturated carbocycles. The predicted octanol–water partition coefficient (Wildman–Crippen LogP) is 1.01. The zero-order valence-electron chi connectivity index (χ0n) is 12.3. The first-order valence-electron chi connectivity index (χ1n) is 7.17. The van der Waals surface area contributed by atoms with Crippen LogP contribution in [0, 0.1) is 5.92 Å². The number of rotatable bonds is 2. The van der Waals surface area contributed by atoms with Gasteiger partial charge < -0.3 is 9.80 Å². The van der Waals surface area contributed by atoms with Crippen LogP contribution in [0.25, 0.3) is 0 Å². The Morgan fingerprint density at radius 1 is 1.29 bits per heavy atom. The number of fused-ring (bicyclic) bond motifs is 1. The standard InChI is InChI=1S/C15H20N2O3S/c1-16(2)13-5-3-4-11(8-13)15(18)17-9-12-6-7-21(19,20)14(12)10-17/h3-5,8,12,14H,6-7,9-10H2,1-2H3/t12-,14+/m0/s1. The van der Waals surface area contributed by atoms with Crippen LogP contribution in [0.4, 0.5) is 5.69 Å². The minimum absolute atomic E-state index is 0.0664. The molecule has 0 radical (unpaired) electrons. The maximum atomic E-state index is 12.6. The van der Waals surface area contributed by atoms with E-state index in [1.165, 1.54) is 0 Å². The average molecular weight is 308 g/mol. The van der Waals surface area contributed by atoms with E-state index >= 15 is 0 Å². The third kappa shape index (κ3) is 2.52. The summed E-state index contributed by atoms with van der Waals surface area (Å²) >= 11 is 0. The van der Waals surface area contributed by atoms with Gasteiger partial charge in [0.15, 0.2) is 9.84 Å². The lowest BCUT2D eigenvalue weighted by molar-refractivity contribution is 0.0786. The molecule has 5 nitrogen and oxygen atoms in total. The van der Waals surface area contributed by atoms with Crippen molar-refractivity contribution in [1.29, 1.82) is 0 Å². The van der Waals surface area contributed by atoms with E-state index in [0.717, 1.165) is 5.69 Å². The summed E-state index contributed by atoms with van der Waals surface area (Å²) in [6.45, 7) is 0.910. The molecule has 6 heteroatoms. The molecule has 1 amide bonds. The van der Waals surface area contributed by atoms with Crippen molar-refractivity contribution < 1.29 is 13.2 Å². The van der Waals surface area contributed by atoms with Crippen LogP contribution >= 0.6 is 0 Å². The number of anilines is 1. The normalized spacial score (nSPS) is 26.7. The molecule has 2 fully saturated rings. The van der Waals surface area contributed by atoms with E-state index in [2.05, 4.69) is 0 Å². The molecule has 0 spiro atoms. The minimum atomic E-state index is -3.00. The summed E-state index contributed by atoms with van der Waals surface area (Å²) in [5.41, 5.74) is 1.59. The van der Waals surface area contributed by atoms with E-state index in [9.17, 15) is 13.2 Å². The number of hydrogen-bond donors (Lipinski definition) is 0. The zero-order chi connectivity index (χ0) is 15.2. The van der Waals surface area contributed by atoms with Crippen molar-refractivity contribution in [2.45, 2.75) is 11.7 Å². The first kappa shape index (κ1) is 14.4. The molecular formula is C15H20N2O3S. The van der Waals surface area contributed by atoms with E-state index in [4.69, 9.17) is 0 Å².